The van der Waals surface area contributed by atoms with Gasteiger partial charge < -0.3 is 30.9 Å². The summed E-state index contributed by atoms with van der Waals surface area (Å²) in [5, 5.41) is 15.1. The fraction of sp³-hybridized carbons (Fsp3) is 0.625. The Labute approximate surface area is 247 Å². The number of hydrogen-bond donors (Lipinski definition) is 4. The van der Waals surface area contributed by atoms with Crippen LogP contribution in [-0.2, 0) is 25.6 Å². The summed E-state index contributed by atoms with van der Waals surface area (Å²) in [6.07, 6.45) is -0.993. The van der Waals surface area contributed by atoms with E-state index in [-0.39, 0.29) is 41.6 Å². The monoisotopic (exact) mass is 656 g/mol. The highest BCUT2D eigenvalue weighted by Gasteiger charge is 2.17. The van der Waals surface area contributed by atoms with E-state index in [9.17, 15) is 24.0 Å². The Morgan fingerprint density at radius 3 is 1.74 bits per heavy atom. The minimum absolute atomic E-state index is 0.0789. The zero-order valence-corrected chi connectivity index (χ0v) is 27.1. The molecule has 0 aliphatic rings. The van der Waals surface area contributed by atoms with Gasteiger partial charge in [0.25, 0.3) is 0 Å². The minimum atomic E-state index is -0.516. The molecule has 0 unspecified atom stereocenters. The molecular weight excluding hydrogens is 616 g/mol. The molecule has 0 spiro atoms. The van der Waals surface area contributed by atoms with Gasteiger partial charge in [-0.3, -0.25) is 14.4 Å². The third-order valence-corrected chi connectivity index (χ3v) is 4.52. The van der Waals surface area contributed by atoms with E-state index in [4.69, 9.17) is 20.3 Å². The second kappa shape index (κ2) is 21.3. The van der Waals surface area contributed by atoms with Crippen LogP contribution in [0.25, 0.3) is 0 Å². The molecule has 0 radical (unpaired) electrons. The number of carbonyl (C=O) groups is 5. The lowest BCUT2D eigenvalue weighted by Crippen LogP contribution is -2.36. The van der Waals surface area contributed by atoms with E-state index < -0.39 is 29.2 Å². The third-order valence-electron chi connectivity index (χ3n) is 3.02. The summed E-state index contributed by atoms with van der Waals surface area (Å²) in [7, 11) is 0. The number of alkyl halides is 1. The highest BCUT2D eigenvalue weighted by Crippen LogP contribution is 2.11. The van der Waals surface area contributed by atoms with Crippen molar-refractivity contribution in [2.75, 3.05) is 18.5 Å². The second-order valence-corrected chi connectivity index (χ2v) is 11.3. The number of Topliss-reactive ketones (excluding diaryl/α,β-unsaturated/α-hetero) is 3. The zero-order chi connectivity index (χ0) is 31.4. The lowest BCUT2D eigenvalue weighted by Gasteiger charge is -2.19. The van der Waals surface area contributed by atoms with Crippen LogP contribution in [0.3, 0.4) is 0 Å². The van der Waals surface area contributed by atoms with Gasteiger partial charge in [-0.1, -0.05) is 28.1 Å². The topological polar surface area (TPSA) is 187 Å². The number of aliphatic hydroxyl groups is 1. The predicted molar refractivity (Wildman–Crippen MR) is 158 cm³/mol. The lowest BCUT2D eigenvalue weighted by molar-refractivity contribution is -0.133. The van der Waals surface area contributed by atoms with Crippen molar-refractivity contribution < 1.29 is 38.6 Å². The number of carbonyl (C=O) groups excluding carboxylic acids is 5. The first-order valence-electron chi connectivity index (χ1n) is 11.6. The number of halogens is 1. The number of nitrogens with zero attached hydrogens (tertiary/aromatic N) is 1. The number of thiocarbonyl (C=S) groups is 1. The van der Waals surface area contributed by atoms with Crippen LogP contribution in [0.2, 0.25) is 0 Å². The third kappa shape index (κ3) is 29.9. The van der Waals surface area contributed by atoms with E-state index in [0.29, 0.717) is 10.7 Å². The van der Waals surface area contributed by atoms with Crippen LogP contribution in [0.5, 0.6) is 0 Å². The van der Waals surface area contributed by atoms with Crippen molar-refractivity contribution in [3.8, 4) is 0 Å². The van der Waals surface area contributed by atoms with Crippen LogP contribution in [-0.4, -0.2) is 74.3 Å². The van der Waals surface area contributed by atoms with Gasteiger partial charge in [-0.05, 0) is 48.5 Å². The molecule has 0 aliphatic heterocycles. The maximum absolute atomic E-state index is 11.3. The first-order chi connectivity index (χ1) is 17.7. The molecule has 0 fully saturated rings. The minimum Gasteiger partial charge on any atom is -0.444 e. The molecule has 0 atom stereocenters. The quantitative estimate of drug-likeness (QED) is 0.145. The highest BCUT2D eigenvalue weighted by atomic mass is 79.9. The summed E-state index contributed by atoms with van der Waals surface area (Å²) < 4.78 is 10.00. The van der Waals surface area contributed by atoms with Crippen LogP contribution in [0.1, 0.15) is 77.8 Å². The summed E-state index contributed by atoms with van der Waals surface area (Å²) in [6.45, 7) is 15.8. The molecule has 0 aromatic carbocycles. The first kappa shape index (κ1) is 41.0. The number of rotatable bonds is 7. The molecule has 0 bridgehead atoms. The number of aliphatic hydroxyl groups excluding tert-OH is 1. The molecule has 15 heteroatoms. The van der Waals surface area contributed by atoms with Gasteiger partial charge in [-0.25, -0.2) is 14.6 Å². The Hall–Kier alpha value is -2.49. The summed E-state index contributed by atoms with van der Waals surface area (Å²) in [6, 6.07) is 0. The highest BCUT2D eigenvalue weighted by molar-refractivity contribution is 9.09. The fourth-order valence-electron chi connectivity index (χ4n) is 1.58. The maximum Gasteiger partial charge on any atom is 0.408 e. The Bertz CT molecular complexity index is 941. The maximum atomic E-state index is 11.3. The lowest BCUT2D eigenvalue weighted by atomic mass is 10.2. The Morgan fingerprint density at radius 2 is 1.46 bits per heavy atom. The van der Waals surface area contributed by atoms with Crippen molar-refractivity contribution in [2.45, 2.75) is 80.1 Å². The molecule has 0 saturated heterocycles. The van der Waals surface area contributed by atoms with Crippen molar-refractivity contribution in [1.82, 2.24) is 15.6 Å². The van der Waals surface area contributed by atoms with Gasteiger partial charge in [-0.2, -0.15) is 0 Å². The normalized spacial score (nSPS) is 10.0. The molecule has 2 amide bonds. The Morgan fingerprint density at radius 1 is 1.03 bits per heavy atom. The number of nitrogens with one attached hydrogen (secondary N) is 2. The van der Waals surface area contributed by atoms with Gasteiger partial charge in [0.15, 0.2) is 11.6 Å². The molecule has 1 aromatic heterocycles. The van der Waals surface area contributed by atoms with Crippen LogP contribution in [0, 0.1) is 0 Å². The van der Waals surface area contributed by atoms with E-state index in [1.54, 1.807) is 53.8 Å². The van der Waals surface area contributed by atoms with Gasteiger partial charge in [0.05, 0.1) is 23.4 Å². The summed E-state index contributed by atoms with van der Waals surface area (Å²) in [5.74, 6) is -0.846. The summed E-state index contributed by atoms with van der Waals surface area (Å²) in [4.78, 5) is 57.7. The number of hydrogen-bond acceptors (Lipinski definition) is 11. The average Bonchev–Trinajstić information content (AvgIpc) is 3.24. The van der Waals surface area contributed by atoms with E-state index in [1.807, 2.05) is 0 Å². The Balaban J connectivity index is -0.000000512. The number of alkyl carbamates (subject to hydrolysis) is 2. The predicted octanol–water partition coefficient (Wildman–Crippen LogP) is 3.71. The first-order valence-corrected chi connectivity index (χ1v) is 14.0. The zero-order valence-electron chi connectivity index (χ0n) is 23.9. The molecule has 39 heavy (non-hydrogen) atoms. The van der Waals surface area contributed by atoms with Crippen molar-refractivity contribution in [3.63, 3.8) is 0 Å². The molecule has 5 N–H and O–H groups in total. The largest absolute Gasteiger partial charge is 0.444 e. The van der Waals surface area contributed by atoms with E-state index >= 15 is 0 Å². The van der Waals surface area contributed by atoms with Crippen LogP contribution < -0.4 is 16.4 Å². The average molecular weight is 658 g/mol. The van der Waals surface area contributed by atoms with Gasteiger partial charge in [0.2, 0.25) is 5.78 Å². The number of amides is 2. The van der Waals surface area contributed by atoms with Crippen LogP contribution in [0.15, 0.2) is 5.38 Å². The SMILES string of the molecule is CC(=O)C(=O)CBr.CC(=O)c1csc(CNC(=O)OC(C)(C)C)n1.CC(C)(C)OC(=O)NCC(N)=S.CCO. The number of ketones is 3. The van der Waals surface area contributed by atoms with Crippen LogP contribution >= 0.6 is 39.5 Å². The summed E-state index contributed by atoms with van der Waals surface area (Å²) in [5.41, 5.74) is 4.59. The van der Waals surface area contributed by atoms with Crippen molar-refractivity contribution in [1.29, 1.82) is 0 Å². The molecule has 1 rings (SSSR count). The molecular formula is C24H41BrN4O8S2. The summed E-state index contributed by atoms with van der Waals surface area (Å²) >= 11 is 8.74. The van der Waals surface area contributed by atoms with Crippen LogP contribution in [0.4, 0.5) is 9.59 Å². The molecule has 1 aromatic rings. The number of ether oxygens (including phenoxy) is 2. The molecule has 0 aliphatic carbocycles. The number of aromatic nitrogens is 1. The van der Waals surface area contributed by atoms with Gasteiger partial charge in [0, 0.05) is 25.8 Å². The standard InChI is InChI=1S/C11H16N2O3S.C7H14N2O2S.C4H5BrO2.C2H6O/c1-7(14)8-6-17-9(13-8)5-12-10(15)16-11(2,3)4;1-7(2,3)11-6(10)9-4-5(8)12;1-3(6)4(7)2-5;1-2-3/h6H,5H2,1-4H3,(H,12,15);4H2,1-3H3,(H2,8,12)(H,9,10);2H2,1H3;3H,2H2,1H3. The van der Waals surface area contributed by atoms with Crippen molar-refractivity contribution >= 4 is 74.0 Å². The van der Waals surface area contributed by atoms with E-state index in [0.717, 1.165) is 0 Å². The molecule has 12 nitrogen and oxygen atoms in total. The second-order valence-electron chi connectivity index (χ2n) is 9.29. The van der Waals surface area contributed by atoms with Gasteiger partial charge in [-0.15, -0.1) is 11.3 Å². The molecule has 0 saturated carbocycles. The fourth-order valence-corrected chi connectivity index (χ4v) is 2.82. The smallest absolute Gasteiger partial charge is 0.408 e. The molecule has 1 heterocycles. The van der Waals surface area contributed by atoms with E-state index in [2.05, 4.69) is 43.8 Å². The van der Waals surface area contributed by atoms with Gasteiger partial charge in [0.1, 0.15) is 21.9 Å². The molecule has 224 valence electrons. The van der Waals surface area contributed by atoms with Gasteiger partial charge >= 0.3 is 12.2 Å². The number of nitrogens with two attached hydrogens (primary N) is 1. The Kier molecular flexibility index (Phi) is 22.4. The van der Waals surface area contributed by atoms with E-state index in [1.165, 1.54) is 25.2 Å². The number of thiazole rings is 1. The van der Waals surface area contributed by atoms with Crippen molar-refractivity contribution in [2.24, 2.45) is 5.73 Å². The van der Waals surface area contributed by atoms with Crippen molar-refractivity contribution in [3.05, 3.63) is 16.1 Å².